The van der Waals surface area contributed by atoms with Crippen LogP contribution in [0.5, 0.6) is 0 Å². The molecule has 0 atom stereocenters. The second-order valence-corrected chi connectivity index (χ2v) is 2.65. The summed E-state index contributed by atoms with van der Waals surface area (Å²) in [5.74, 6) is 0.286. The summed E-state index contributed by atoms with van der Waals surface area (Å²) in [5.41, 5.74) is 0. The third-order valence-corrected chi connectivity index (χ3v) is 1.60. The van der Waals surface area contributed by atoms with Crippen LogP contribution in [-0.4, -0.2) is 46.6 Å². The van der Waals surface area contributed by atoms with E-state index in [1.807, 2.05) is 0 Å². The van der Waals surface area contributed by atoms with Gasteiger partial charge in [0, 0.05) is 11.6 Å². The van der Waals surface area contributed by atoms with Gasteiger partial charge in [0.2, 0.25) is 0 Å². The quantitative estimate of drug-likeness (QED) is 0.413. The summed E-state index contributed by atoms with van der Waals surface area (Å²) in [7, 11) is 0. The highest BCUT2D eigenvalue weighted by Gasteiger charge is 2.14. The normalized spacial score (nSPS) is 8.63. The lowest BCUT2D eigenvalue weighted by atomic mass is 10.5. The fourth-order valence-corrected chi connectivity index (χ4v) is 0.951. The number of hydrazine groups is 1. The molecule has 0 unspecified atom stereocenters. The van der Waals surface area contributed by atoms with E-state index < -0.39 is 5.03 Å². The maximum absolute atomic E-state index is 10.7. The first-order valence-electron chi connectivity index (χ1n) is 4.00. The van der Waals surface area contributed by atoms with Gasteiger partial charge in [-0.15, -0.1) is 5.01 Å². The van der Waals surface area contributed by atoms with Gasteiger partial charge in [0.15, 0.2) is 5.03 Å². The van der Waals surface area contributed by atoms with Gasteiger partial charge in [0.05, 0.1) is 0 Å². The van der Waals surface area contributed by atoms with Crippen molar-refractivity contribution in [2.24, 2.45) is 0 Å². The molecule has 10 N–H and O–H groups in total. The van der Waals surface area contributed by atoms with Crippen molar-refractivity contribution in [3.63, 3.8) is 0 Å². The lowest BCUT2D eigenvalue weighted by molar-refractivity contribution is -0.664. The first-order chi connectivity index (χ1) is 7.75. The fourth-order valence-electron chi connectivity index (χ4n) is 0.951. The Morgan fingerprint density at radius 2 is 1.47 bits per heavy atom. The molecule has 19 heavy (non-hydrogen) atoms. The van der Waals surface area contributed by atoms with E-state index in [0.29, 0.717) is 0 Å². The van der Waals surface area contributed by atoms with Crippen LogP contribution >= 0.6 is 0 Å². The molecule has 2 heterocycles. The molecule has 15 heteroatoms. The van der Waals surface area contributed by atoms with Gasteiger partial charge in [-0.25, -0.2) is 10.1 Å². The molecule has 0 aliphatic carbocycles. The van der Waals surface area contributed by atoms with Crippen LogP contribution in [0.4, 0.5) is 0 Å². The second-order valence-electron chi connectivity index (χ2n) is 2.65. The van der Waals surface area contributed by atoms with Gasteiger partial charge in [0.25, 0.3) is 0 Å². The Morgan fingerprint density at radius 1 is 1.05 bits per heavy atom. The highest BCUT2D eigenvalue weighted by molar-refractivity contribution is 4.77. The molecule has 2 aromatic heterocycles. The highest BCUT2D eigenvalue weighted by atomic mass is 16.7. The smallest absolute Gasteiger partial charge is 0.160 e. The summed E-state index contributed by atoms with van der Waals surface area (Å²) >= 11 is 0. The molecule has 2 rings (SSSR count). The summed E-state index contributed by atoms with van der Waals surface area (Å²) in [5, 5.41) is 37.6. The molecule has 0 bridgehead atoms. The van der Waals surface area contributed by atoms with Crippen molar-refractivity contribution in [3.05, 3.63) is 21.8 Å². The van der Waals surface area contributed by atoms with Gasteiger partial charge in [-0.05, 0) is 0 Å². The van der Waals surface area contributed by atoms with Crippen molar-refractivity contribution in [1.82, 2.24) is 58.6 Å². The molecule has 0 fully saturated rings. The van der Waals surface area contributed by atoms with E-state index >= 15 is 0 Å². The molecule has 0 spiro atoms. The molecular formula is C4H14N12O3. The van der Waals surface area contributed by atoms with Crippen molar-refractivity contribution < 1.29 is 10.5 Å². The predicted molar refractivity (Wildman–Crippen MR) is 58.1 cm³/mol. The molecule has 2 aromatic rings. The van der Waals surface area contributed by atoms with E-state index in [1.165, 1.54) is 0 Å². The van der Waals surface area contributed by atoms with Crippen molar-refractivity contribution >= 4 is 0 Å². The fraction of sp³-hybridized carbons (Fsp3) is 0.500. The molecule has 0 radical (unpaired) electrons. The number of hydrogen-bond acceptors (Lipinski definition) is 8. The topological polar surface area (TPSA) is 256 Å². The van der Waals surface area contributed by atoms with E-state index in [0.717, 1.165) is 5.01 Å². The zero-order valence-electron chi connectivity index (χ0n) is 10.2. The minimum atomic E-state index is -0.618. The Kier molecular flexibility index (Phi) is 8.15. The summed E-state index contributed by atoms with van der Waals surface area (Å²) in [6.07, 6.45) is 0. The minimum Gasteiger partial charge on any atom is -0.412 e. The standard InChI is InChI=1S/C4H4N10O2.2H3N.H2O/c15-14(16)13(1-3-5-9-10-6-3)2-4-7-11-12-8-4;;;/h1-2H2;2*1H3;1H2/q-2;;;/p+2. The second kappa shape index (κ2) is 8.33. The number of tetrazole rings is 2. The van der Waals surface area contributed by atoms with Crippen LogP contribution in [-0.2, 0) is 13.1 Å². The highest BCUT2D eigenvalue weighted by Crippen LogP contribution is 2.00. The molecule has 0 aliphatic rings. The lowest BCUT2D eigenvalue weighted by Crippen LogP contribution is -2.30. The first-order valence-corrected chi connectivity index (χ1v) is 4.00. The van der Waals surface area contributed by atoms with Crippen LogP contribution in [0.25, 0.3) is 0 Å². The molecule has 0 aromatic carbocycles. The van der Waals surface area contributed by atoms with Crippen molar-refractivity contribution in [2.75, 3.05) is 0 Å². The van der Waals surface area contributed by atoms with Crippen molar-refractivity contribution in [2.45, 2.75) is 13.1 Å². The molecule has 0 saturated heterocycles. The Bertz CT molecular complexity index is 403. The Morgan fingerprint density at radius 3 is 1.74 bits per heavy atom. The van der Waals surface area contributed by atoms with Gasteiger partial charge >= 0.3 is 0 Å². The zero-order chi connectivity index (χ0) is 11.4. The van der Waals surface area contributed by atoms with Crippen LogP contribution < -0.4 is 22.5 Å². The van der Waals surface area contributed by atoms with Gasteiger partial charge in [-0.1, -0.05) is 0 Å². The van der Waals surface area contributed by atoms with Crippen LogP contribution in [0.15, 0.2) is 0 Å². The van der Waals surface area contributed by atoms with Crippen molar-refractivity contribution in [1.29, 1.82) is 0 Å². The number of aromatic nitrogens is 8. The molecule has 0 amide bonds. The number of nitrogens with zero attached hydrogens (tertiary/aromatic N) is 10. The van der Waals surface area contributed by atoms with E-state index in [-0.39, 0.29) is 42.5 Å². The van der Waals surface area contributed by atoms with Gasteiger partial charge in [0.1, 0.15) is 13.1 Å². The van der Waals surface area contributed by atoms with Gasteiger partial charge in [-0.3, -0.25) is 20.6 Å². The summed E-state index contributed by atoms with van der Waals surface area (Å²) in [6, 6.07) is 0. The zero-order valence-corrected chi connectivity index (χ0v) is 10.2. The molecule has 15 nitrogen and oxygen atoms in total. The number of nitro groups is 1. The SMILES string of the molecule is O.O=[N+]([O-])N(Cc1nnn[n-]1)Cc1nnn[n-]1.[NH4+].[NH4+]. The summed E-state index contributed by atoms with van der Waals surface area (Å²) in [6.45, 7) is -0.289. The monoisotopic (exact) mass is 278 g/mol. The molecule has 108 valence electrons. The number of rotatable bonds is 5. The largest absolute Gasteiger partial charge is 0.412 e. The minimum absolute atomic E-state index is 0. The van der Waals surface area contributed by atoms with Crippen LogP contribution in [0, 0.1) is 10.1 Å². The third kappa shape index (κ3) is 4.93. The molecule has 0 saturated carbocycles. The first kappa shape index (κ1) is 18.6. The van der Waals surface area contributed by atoms with E-state index in [1.54, 1.807) is 0 Å². The van der Waals surface area contributed by atoms with Crippen LogP contribution in [0.3, 0.4) is 0 Å². The average Bonchev–Trinajstić information content (AvgIpc) is 2.88. The average molecular weight is 278 g/mol. The number of hydrogen-bond donors (Lipinski definition) is 2. The third-order valence-electron chi connectivity index (χ3n) is 1.60. The summed E-state index contributed by atoms with van der Waals surface area (Å²) < 4.78 is 0. The van der Waals surface area contributed by atoms with E-state index in [4.69, 9.17) is 0 Å². The summed E-state index contributed by atoms with van der Waals surface area (Å²) in [4.78, 5) is 10.7. The Labute approximate surface area is 105 Å². The Hall–Kier alpha value is -2.78. The maximum atomic E-state index is 10.7. The van der Waals surface area contributed by atoms with Gasteiger partial charge in [-0.2, -0.15) is 10.4 Å². The Balaban J connectivity index is 0. The molecule has 0 aliphatic heterocycles. The van der Waals surface area contributed by atoms with Gasteiger partial charge < -0.3 is 28.0 Å². The van der Waals surface area contributed by atoms with E-state index in [9.17, 15) is 10.1 Å². The lowest BCUT2D eigenvalue weighted by Gasteiger charge is -2.13. The number of quaternary nitrogens is 2. The molecular weight excluding hydrogens is 264 g/mol. The van der Waals surface area contributed by atoms with Crippen molar-refractivity contribution in [3.8, 4) is 0 Å². The van der Waals surface area contributed by atoms with Crippen LogP contribution in [0.1, 0.15) is 11.6 Å². The predicted octanol–water partition coefficient (Wildman–Crippen LogP) is -2.91. The van der Waals surface area contributed by atoms with E-state index in [2.05, 4.69) is 41.2 Å². The van der Waals surface area contributed by atoms with Crippen LogP contribution in [0.2, 0.25) is 0 Å². The maximum Gasteiger partial charge on any atom is 0.160 e.